The molecule has 8 heterocycles. The third kappa shape index (κ3) is 21.1. The van der Waals surface area contributed by atoms with Gasteiger partial charge in [0, 0.05) is 93.4 Å². The Bertz CT molecular complexity index is 3980. The van der Waals surface area contributed by atoms with Crippen molar-refractivity contribution in [1.82, 2.24) is 41.2 Å². The van der Waals surface area contributed by atoms with Gasteiger partial charge in [0.25, 0.3) is 11.1 Å². The van der Waals surface area contributed by atoms with Crippen molar-refractivity contribution in [3.8, 4) is 52.6 Å². The van der Waals surface area contributed by atoms with Gasteiger partial charge in [0.05, 0.1) is 69.3 Å². The Morgan fingerprint density at radius 1 is 0.526 bits per heavy atom. The third-order valence-corrected chi connectivity index (χ3v) is 15.2. The van der Waals surface area contributed by atoms with Gasteiger partial charge in [0.15, 0.2) is 0 Å². The molecule has 0 unspecified atom stereocenters. The van der Waals surface area contributed by atoms with Crippen LogP contribution < -0.4 is 94.5 Å². The van der Waals surface area contributed by atoms with E-state index in [-0.39, 0.29) is 102 Å². The van der Waals surface area contributed by atoms with E-state index in [4.69, 9.17) is 64.7 Å². The number of carboxylic acids is 1. The van der Waals surface area contributed by atoms with Crippen LogP contribution in [0.25, 0.3) is 43.1 Å². The van der Waals surface area contributed by atoms with Gasteiger partial charge in [-0.3, -0.25) is 28.8 Å². The van der Waals surface area contributed by atoms with Gasteiger partial charge in [-0.05, 0) is 132 Å². The number of nitrogens with one attached hydrogen (secondary N) is 4. The first-order valence-corrected chi connectivity index (χ1v) is 32.3. The van der Waals surface area contributed by atoms with E-state index in [0.717, 1.165) is 58.0 Å². The number of amides is 5. The van der Waals surface area contributed by atoms with Crippen molar-refractivity contribution >= 4 is 140 Å². The van der Waals surface area contributed by atoms with Gasteiger partial charge in [-0.25, -0.2) is 28.9 Å². The summed E-state index contributed by atoms with van der Waals surface area (Å²) in [5.74, 6) is 1.73. The number of nitrogens with two attached hydrogens (primary N) is 1. The number of benzene rings is 4. The van der Waals surface area contributed by atoms with Crippen molar-refractivity contribution in [2.45, 2.75) is 75.5 Å². The minimum atomic E-state index is -1.67. The van der Waals surface area contributed by atoms with Gasteiger partial charge in [-0.1, -0.05) is 0 Å². The van der Waals surface area contributed by atoms with Gasteiger partial charge >= 0.3 is 35.5 Å². The fourth-order valence-electron chi connectivity index (χ4n) is 10.4. The topological polar surface area (TPSA) is 380 Å². The number of halogens is 3. The maximum atomic E-state index is 11.5. The maximum Gasteiger partial charge on any atom is 1.00 e. The molecule has 4 aromatic carbocycles. The Morgan fingerprint density at radius 2 is 0.804 bits per heavy atom. The second-order valence-electron chi connectivity index (χ2n) is 21.3. The molecule has 4 atom stereocenters. The Morgan fingerprint density at radius 3 is 1.07 bits per heavy atom. The van der Waals surface area contributed by atoms with Crippen molar-refractivity contribution in [2.75, 3.05) is 54.9 Å². The molecule has 0 spiro atoms. The van der Waals surface area contributed by atoms with E-state index in [0.29, 0.717) is 120 Å². The predicted molar refractivity (Wildman–Crippen MR) is 359 cm³/mol. The fraction of sp³-hybridized carbons (Fsp3) is 0.312. The van der Waals surface area contributed by atoms with Crippen molar-refractivity contribution in [2.24, 2.45) is 5.73 Å². The monoisotopic (exact) mass is 1440 g/mol. The van der Waals surface area contributed by atoms with Gasteiger partial charge in [-0.15, -0.1) is 0 Å². The number of thiol groups is 1. The van der Waals surface area contributed by atoms with E-state index in [1.807, 2.05) is 6.07 Å². The van der Waals surface area contributed by atoms with Crippen LogP contribution in [0.5, 0.6) is 46.5 Å². The first-order valence-electron chi connectivity index (χ1n) is 29.1. The van der Waals surface area contributed by atoms with Crippen LogP contribution in [-0.2, 0) is 41.9 Å². The minimum Gasteiger partial charge on any atom is -0.813 e. The van der Waals surface area contributed by atoms with Crippen LogP contribution in [0, 0.1) is 11.3 Å². The zero-order chi connectivity index (χ0) is 68.3. The number of hydrogen-bond donors (Lipinski definition) is 6. The summed E-state index contributed by atoms with van der Waals surface area (Å²) in [6, 6.07) is 22.5. The first kappa shape index (κ1) is 77.3. The van der Waals surface area contributed by atoms with Gasteiger partial charge in [0.1, 0.15) is 61.1 Å². The molecule has 0 aliphatic carbocycles. The number of fused-ring (bicyclic) bond motifs is 4. The molecule has 12 rings (SSSR count). The number of carbonyl (C=O) groups is 7. The summed E-state index contributed by atoms with van der Waals surface area (Å²) in [6.07, 6.45) is 11.5. The zero-order valence-corrected chi connectivity index (χ0v) is 58.8. The second-order valence-corrected chi connectivity index (χ2v) is 24.1. The minimum absolute atomic E-state index is 0. The van der Waals surface area contributed by atoms with E-state index in [1.54, 1.807) is 85.5 Å². The number of carboxylic acid groups (broad SMARTS) is 1. The van der Waals surface area contributed by atoms with Crippen molar-refractivity contribution in [3.63, 3.8) is 0 Å². The Kier molecular flexibility index (Phi) is 29.6. The van der Waals surface area contributed by atoms with Gasteiger partial charge in [0.2, 0.25) is 56.4 Å². The third-order valence-electron chi connectivity index (χ3n) is 15.0. The molecule has 0 radical (unpaired) electrons. The number of nitriles is 1. The van der Waals surface area contributed by atoms with Crippen molar-refractivity contribution in [3.05, 3.63) is 120 Å². The summed E-state index contributed by atoms with van der Waals surface area (Å²) in [5.41, 5.74) is 6.52. The summed E-state index contributed by atoms with van der Waals surface area (Å²) >= 11 is 5.58. The number of pyridine rings is 4. The number of primary amides is 1. The van der Waals surface area contributed by atoms with Gasteiger partial charge < -0.3 is 83.5 Å². The molecule has 5 amide bonds. The molecule has 33 heteroatoms. The number of rotatable bonds is 19. The van der Waals surface area contributed by atoms with E-state index in [9.17, 15) is 38.7 Å². The normalized spacial score (nSPS) is 16.4. The number of hydrogen-bond acceptors (Lipinski definition) is 22. The molecule has 4 aliphatic heterocycles. The summed E-state index contributed by atoms with van der Waals surface area (Å²) in [4.78, 5) is 96.0. The van der Waals surface area contributed by atoms with Crippen LogP contribution in [0.4, 0.5) is 0 Å². The summed E-state index contributed by atoms with van der Waals surface area (Å²) in [6.45, 7) is 1.38. The Balaban J connectivity index is 0.000000199. The fourth-order valence-corrected chi connectivity index (χ4v) is 10.5. The quantitative estimate of drug-likeness (QED) is 0.0282. The van der Waals surface area contributed by atoms with Crippen LogP contribution in [0.2, 0.25) is 0 Å². The molecule has 27 nitrogen and oxygen atoms in total. The number of ether oxygens (including phenoxy) is 8. The molecule has 7 N–H and O–H groups in total. The van der Waals surface area contributed by atoms with Crippen LogP contribution in [0.15, 0.2) is 97.6 Å². The zero-order valence-electron chi connectivity index (χ0n) is 52.8. The maximum absolute atomic E-state index is 11.5. The average Bonchev–Trinajstić information content (AvgIpc) is 1.60. The summed E-state index contributed by atoms with van der Waals surface area (Å²) in [5, 5.41) is 35.1. The largest absolute Gasteiger partial charge is 1.00 e. The van der Waals surface area contributed by atoms with Gasteiger partial charge in [-0.2, -0.15) is 5.26 Å². The number of aromatic carboxylic acids is 1. The second kappa shape index (κ2) is 37.1. The van der Waals surface area contributed by atoms with Crippen molar-refractivity contribution < 1.29 is 110 Å². The Hall–Kier alpha value is -8.73. The molecule has 8 aromatic rings. The molecular weight excluding hydrogens is 1370 g/mol. The molecule has 4 saturated heterocycles. The van der Waals surface area contributed by atoms with Crippen LogP contribution in [0.1, 0.15) is 88.0 Å². The first-order chi connectivity index (χ1) is 45.7. The molecule has 0 saturated carbocycles. The molecule has 0 bridgehead atoms. The van der Waals surface area contributed by atoms with E-state index in [2.05, 4.69) is 68.6 Å². The van der Waals surface area contributed by atoms with Crippen molar-refractivity contribution in [1.29, 1.82) is 5.26 Å². The van der Waals surface area contributed by atoms with Crippen LogP contribution >= 0.6 is 33.0 Å². The van der Waals surface area contributed by atoms with E-state index in [1.165, 1.54) is 34.5 Å². The Labute approximate surface area is 600 Å². The summed E-state index contributed by atoms with van der Waals surface area (Å²) < 4.78 is 52.9. The molecular formula is C64H64Cl3N10NaO17S2. The van der Waals surface area contributed by atoms with Crippen LogP contribution in [0.3, 0.4) is 0 Å². The smallest absolute Gasteiger partial charge is 0.813 e. The SMILES string of the molecule is COc1cc2c(OC[C@@H]3CCC(=O)N3)nccc2cc1C#N.COc1cc2c(OC[C@@H]3CCC(=O)N3)nccc2cc1C(=O)Cl.COc1cc2c(OC[C@@H]3CCC(=O)N3)nccc2cc1C(=O)O.COc1cc2c(OC[C@@H]3CCC(=O)N3)nccc2cc1C(N)=O.O=S(Cl)Cl.[Na+].[SH-]. The molecule has 4 aliphatic rings. The number of methoxy groups -OCH3 is 4. The molecule has 4 aromatic heterocycles. The predicted octanol–water partition coefficient (Wildman–Crippen LogP) is 4.43. The molecule has 4 fully saturated rings. The standard InChI is InChI=1S/C16H15ClN2O4.C16H17N3O4.C16H15N3O3.C16H16N2O5.Cl2OS.Na.H2S/c2*1-22-13-7-11-9(6-12(13)15(17)21)4-5-18-16(11)23-8-10-2-3-14(20)19-10;1-21-14-7-13-10(6-11(14)8-17)4-5-18-16(13)22-9-12-2-3-15(20)19-12;1-22-13-7-11-9(6-12(13)16(20)21)4-5-17-15(11)23-8-10-2-3-14(19)18-10;1-4(2)3;;/h4-7,10H,2-3,8H2,1H3,(H,19,20);4-7,10H,2-3,8H2,1H3,(H2,17,21)(H,19,20);4-7,12H,2-3,9H2,1H3,(H,19,20);4-7,10H,2-3,8H2,1H3,(H,18,19)(H,20,21);;;1H2/q;;;;;+1;/p-1/t2*10-;12-;10-;;;/m0000.../s1. The summed E-state index contributed by atoms with van der Waals surface area (Å²) in [7, 11) is 13.2. The number of aromatic nitrogens is 4. The number of carbonyl (C=O) groups excluding carboxylic acids is 6. The number of nitrogens with zero attached hydrogens (tertiary/aromatic N) is 5. The van der Waals surface area contributed by atoms with Crippen LogP contribution in [-0.4, -0.2) is 149 Å². The molecule has 97 heavy (non-hydrogen) atoms. The van der Waals surface area contributed by atoms with E-state index >= 15 is 0 Å². The van der Waals surface area contributed by atoms with E-state index < -0.39 is 26.3 Å². The average molecular weight is 1440 g/mol. The molecule has 506 valence electrons.